The molecule has 0 aromatic heterocycles. The number of hydrogen-bond donors (Lipinski definition) is 1. The van der Waals surface area contributed by atoms with Gasteiger partial charge in [-0.1, -0.05) is 0 Å². The Morgan fingerprint density at radius 1 is 1.41 bits per heavy atom. The molecule has 17 heavy (non-hydrogen) atoms. The number of imide groups is 1. The molecule has 3 amide bonds. The number of nitrogens with zero attached hydrogens (tertiary/aromatic N) is 1. The van der Waals surface area contributed by atoms with E-state index in [1.165, 1.54) is 11.8 Å². The van der Waals surface area contributed by atoms with Gasteiger partial charge in [-0.15, -0.1) is 0 Å². The number of nitrogens with one attached hydrogen (secondary N) is 1. The first kappa shape index (κ1) is 14.1. The second-order valence-electron chi connectivity index (χ2n) is 3.86. The van der Waals surface area contributed by atoms with Crippen molar-refractivity contribution < 1.29 is 22.8 Å². The lowest BCUT2D eigenvalue weighted by molar-refractivity contribution is -0.191. The second kappa shape index (κ2) is 4.75. The molecule has 1 atom stereocenters. The molecule has 1 saturated heterocycles. The summed E-state index contributed by atoms with van der Waals surface area (Å²) in [6.45, 7) is 0.693. The normalized spacial score (nSPS) is 25.4. The Hall–Kier alpha value is -0.920. The molecule has 1 unspecified atom stereocenters. The molecular formula is C9H13F3N2O2S. The highest BCUT2D eigenvalue weighted by Gasteiger charge is 2.64. The van der Waals surface area contributed by atoms with Gasteiger partial charge in [-0.25, -0.2) is 4.79 Å². The fourth-order valence-electron chi connectivity index (χ4n) is 1.46. The SMILES string of the molecule is CSCCCN1C(=O)NC(C)(C(F)(F)F)C1=O. The highest BCUT2D eigenvalue weighted by Crippen LogP contribution is 2.35. The molecular weight excluding hydrogens is 257 g/mol. The van der Waals surface area contributed by atoms with E-state index in [9.17, 15) is 22.8 Å². The number of halogens is 3. The Morgan fingerprint density at radius 3 is 2.41 bits per heavy atom. The van der Waals surface area contributed by atoms with Gasteiger partial charge in [-0.3, -0.25) is 9.69 Å². The molecule has 4 nitrogen and oxygen atoms in total. The average molecular weight is 270 g/mol. The van der Waals surface area contributed by atoms with Crippen LogP contribution >= 0.6 is 11.8 Å². The van der Waals surface area contributed by atoms with Crippen molar-refractivity contribution in [1.82, 2.24) is 10.2 Å². The van der Waals surface area contributed by atoms with Gasteiger partial charge in [0.25, 0.3) is 5.91 Å². The summed E-state index contributed by atoms with van der Waals surface area (Å²) in [7, 11) is 0. The minimum Gasteiger partial charge on any atom is -0.316 e. The van der Waals surface area contributed by atoms with Crippen LogP contribution in [-0.2, 0) is 4.79 Å². The summed E-state index contributed by atoms with van der Waals surface area (Å²) in [5.74, 6) is -0.545. The maximum Gasteiger partial charge on any atom is 0.420 e. The van der Waals surface area contributed by atoms with Crippen LogP contribution in [0.3, 0.4) is 0 Å². The molecule has 0 radical (unpaired) electrons. The van der Waals surface area contributed by atoms with Crippen LogP contribution in [0.2, 0.25) is 0 Å². The van der Waals surface area contributed by atoms with Crippen molar-refractivity contribution in [3.8, 4) is 0 Å². The van der Waals surface area contributed by atoms with Gasteiger partial charge in [0.15, 0.2) is 0 Å². The predicted octanol–water partition coefficient (Wildman–Crippen LogP) is 1.61. The quantitative estimate of drug-likeness (QED) is 0.623. The van der Waals surface area contributed by atoms with Crippen molar-refractivity contribution >= 4 is 23.7 Å². The van der Waals surface area contributed by atoms with Crippen LogP contribution in [-0.4, -0.2) is 47.1 Å². The van der Waals surface area contributed by atoms with Crippen molar-refractivity contribution in [2.24, 2.45) is 0 Å². The number of alkyl halides is 3. The first-order valence-corrected chi connectivity index (χ1v) is 6.33. The molecule has 98 valence electrons. The fraction of sp³-hybridized carbons (Fsp3) is 0.778. The fourth-order valence-corrected chi connectivity index (χ4v) is 1.88. The summed E-state index contributed by atoms with van der Waals surface area (Å²) in [5.41, 5.74) is -2.79. The van der Waals surface area contributed by atoms with Crippen LogP contribution in [0.1, 0.15) is 13.3 Å². The maximum absolute atomic E-state index is 12.7. The van der Waals surface area contributed by atoms with E-state index in [4.69, 9.17) is 0 Å². The molecule has 1 aliphatic heterocycles. The van der Waals surface area contributed by atoms with Gasteiger partial charge >= 0.3 is 12.2 Å². The van der Waals surface area contributed by atoms with Crippen LogP contribution in [0.4, 0.5) is 18.0 Å². The van der Waals surface area contributed by atoms with Gasteiger partial charge in [0.1, 0.15) is 0 Å². The lowest BCUT2D eigenvalue weighted by Crippen LogP contribution is -2.56. The average Bonchev–Trinajstić information content (AvgIpc) is 2.42. The molecule has 0 saturated carbocycles. The lowest BCUT2D eigenvalue weighted by atomic mass is 10.0. The number of amides is 3. The zero-order valence-corrected chi connectivity index (χ0v) is 10.2. The van der Waals surface area contributed by atoms with E-state index < -0.39 is 23.7 Å². The van der Waals surface area contributed by atoms with E-state index in [0.29, 0.717) is 24.0 Å². The molecule has 1 rings (SSSR count). The molecule has 1 N–H and O–H groups in total. The van der Waals surface area contributed by atoms with Crippen molar-refractivity contribution in [3.05, 3.63) is 0 Å². The largest absolute Gasteiger partial charge is 0.420 e. The van der Waals surface area contributed by atoms with E-state index >= 15 is 0 Å². The highest BCUT2D eigenvalue weighted by molar-refractivity contribution is 7.98. The molecule has 1 fully saturated rings. The van der Waals surface area contributed by atoms with Crippen molar-refractivity contribution in [1.29, 1.82) is 0 Å². The van der Waals surface area contributed by atoms with E-state index in [1.54, 1.807) is 5.32 Å². The third kappa shape index (κ3) is 2.51. The zero-order valence-electron chi connectivity index (χ0n) is 9.43. The summed E-state index contributed by atoms with van der Waals surface area (Å²) >= 11 is 1.50. The number of carbonyl (C=O) groups is 2. The molecule has 1 aliphatic rings. The minimum atomic E-state index is -4.78. The highest BCUT2D eigenvalue weighted by atomic mass is 32.2. The van der Waals surface area contributed by atoms with Gasteiger partial charge in [-0.2, -0.15) is 24.9 Å². The van der Waals surface area contributed by atoms with E-state index in [2.05, 4.69) is 0 Å². The zero-order chi connectivity index (χ0) is 13.3. The number of rotatable bonds is 4. The van der Waals surface area contributed by atoms with Crippen LogP contribution in [0.25, 0.3) is 0 Å². The van der Waals surface area contributed by atoms with E-state index in [-0.39, 0.29) is 6.54 Å². The molecule has 0 aromatic rings. The molecule has 1 heterocycles. The first-order chi connectivity index (χ1) is 7.74. The summed E-state index contributed by atoms with van der Waals surface area (Å²) in [6, 6.07) is -0.976. The number of urea groups is 1. The van der Waals surface area contributed by atoms with Crippen LogP contribution in [0.15, 0.2) is 0 Å². The van der Waals surface area contributed by atoms with Gasteiger partial charge < -0.3 is 5.32 Å². The van der Waals surface area contributed by atoms with Gasteiger partial charge in [-0.05, 0) is 25.4 Å². The minimum absolute atomic E-state index is 0.0111. The van der Waals surface area contributed by atoms with Crippen molar-refractivity contribution in [2.45, 2.75) is 25.1 Å². The molecule has 0 bridgehead atoms. The van der Waals surface area contributed by atoms with Crippen molar-refractivity contribution in [3.63, 3.8) is 0 Å². The summed E-state index contributed by atoms with van der Waals surface area (Å²) in [5, 5.41) is 1.70. The predicted molar refractivity (Wildman–Crippen MR) is 57.7 cm³/mol. The maximum atomic E-state index is 12.7. The summed E-state index contributed by atoms with van der Waals surface area (Å²) in [6.07, 6.45) is -2.46. The standard InChI is InChI=1S/C9H13F3N2O2S/c1-8(9(10,11)12)6(15)14(7(16)13-8)4-3-5-17-2/h3-5H2,1-2H3,(H,13,16). The lowest BCUT2D eigenvalue weighted by Gasteiger charge is -2.24. The summed E-state index contributed by atoms with van der Waals surface area (Å²) in [4.78, 5) is 23.6. The van der Waals surface area contributed by atoms with Crippen molar-refractivity contribution in [2.75, 3.05) is 18.6 Å². The smallest absolute Gasteiger partial charge is 0.316 e. The Balaban J connectivity index is 2.79. The van der Waals surface area contributed by atoms with E-state index in [0.717, 1.165) is 0 Å². The van der Waals surface area contributed by atoms with Gasteiger partial charge in [0.2, 0.25) is 5.54 Å². The second-order valence-corrected chi connectivity index (χ2v) is 4.84. The monoisotopic (exact) mass is 270 g/mol. The van der Waals surface area contributed by atoms with E-state index in [1.807, 2.05) is 6.26 Å². The van der Waals surface area contributed by atoms with Crippen LogP contribution in [0, 0.1) is 0 Å². The number of carbonyl (C=O) groups excluding carboxylic acids is 2. The van der Waals surface area contributed by atoms with Gasteiger partial charge in [0, 0.05) is 6.54 Å². The van der Waals surface area contributed by atoms with Crippen LogP contribution in [0.5, 0.6) is 0 Å². The van der Waals surface area contributed by atoms with Crippen LogP contribution < -0.4 is 5.32 Å². The molecule has 0 aliphatic carbocycles. The molecule has 8 heteroatoms. The Labute approximate surface area is 101 Å². The Bertz CT molecular complexity index is 335. The first-order valence-electron chi connectivity index (χ1n) is 4.94. The molecule has 0 aromatic carbocycles. The summed E-state index contributed by atoms with van der Waals surface area (Å²) < 4.78 is 38.0. The number of hydrogen-bond acceptors (Lipinski definition) is 3. The third-order valence-corrected chi connectivity index (χ3v) is 3.27. The Morgan fingerprint density at radius 2 is 2.00 bits per heavy atom. The van der Waals surface area contributed by atoms with Gasteiger partial charge in [0.05, 0.1) is 0 Å². The third-order valence-electron chi connectivity index (χ3n) is 2.57. The Kier molecular flexibility index (Phi) is 3.95. The topological polar surface area (TPSA) is 49.4 Å². The number of thioether (sulfide) groups is 1. The molecule has 0 spiro atoms.